The van der Waals surface area contributed by atoms with Crippen LogP contribution in [-0.2, 0) is 10.2 Å². The van der Waals surface area contributed by atoms with Crippen molar-refractivity contribution in [3.63, 3.8) is 0 Å². The maximum absolute atomic E-state index is 12.8. The molecule has 0 atom stereocenters. The molecule has 3 N–H and O–H groups in total. The van der Waals surface area contributed by atoms with E-state index in [1.54, 1.807) is 12.1 Å². The lowest BCUT2D eigenvalue weighted by Gasteiger charge is -2.20. The molecule has 0 radical (unpaired) electrons. The summed E-state index contributed by atoms with van der Waals surface area (Å²) in [6.07, 6.45) is 1.40. The van der Waals surface area contributed by atoms with E-state index >= 15 is 0 Å². The number of carbonyl (C=O) groups is 1. The Morgan fingerprint density at radius 3 is 2.28 bits per heavy atom. The Balaban J connectivity index is 2.11. The molecule has 0 bridgehead atoms. The van der Waals surface area contributed by atoms with Crippen LogP contribution in [0, 0.1) is 5.82 Å². The molecule has 5 heteroatoms. The summed E-state index contributed by atoms with van der Waals surface area (Å²) < 4.78 is 12.8. The largest absolute Gasteiger partial charge is 0.394 e. The molecule has 1 aliphatic carbocycles. The van der Waals surface area contributed by atoms with Crippen molar-refractivity contribution in [1.82, 2.24) is 5.32 Å². The predicted octanol–water partition coefficient (Wildman–Crippen LogP) is 0.327. The molecule has 1 amide bonds. The second-order valence-electron chi connectivity index (χ2n) is 4.62. The molecular formula is C13H16FNO3. The third kappa shape index (κ3) is 2.37. The highest BCUT2D eigenvalue weighted by atomic mass is 19.1. The molecule has 0 heterocycles. The minimum absolute atomic E-state index is 0.220. The number of hydrogen-bond acceptors (Lipinski definition) is 3. The Morgan fingerprint density at radius 2 is 1.83 bits per heavy atom. The summed E-state index contributed by atoms with van der Waals surface area (Å²) in [6, 6.07) is 5.23. The maximum atomic E-state index is 12.8. The first kappa shape index (κ1) is 13.0. The van der Waals surface area contributed by atoms with Gasteiger partial charge in [-0.3, -0.25) is 4.79 Å². The molecule has 0 spiro atoms. The summed E-state index contributed by atoms with van der Waals surface area (Å²) in [5.74, 6) is -0.555. The number of aliphatic hydroxyl groups is 2. The fraction of sp³-hybridized carbons (Fsp3) is 0.462. The quantitative estimate of drug-likeness (QED) is 0.708. The summed E-state index contributed by atoms with van der Waals surface area (Å²) >= 11 is 0. The smallest absolute Gasteiger partial charge is 0.231 e. The zero-order valence-electron chi connectivity index (χ0n) is 9.90. The van der Waals surface area contributed by atoms with Gasteiger partial charge < -0.3 is 15.5 Å². The van der Waals surface area contributed by atoms with Crippen LogP contribution in [0.4, 0.5) is 4.39 Å². The second kappa shape index (κ2) is 5.04. The summed E-state index contributed by atoms with van der Waals surface area (Å²) in [5, 5.41) is 20.5. The van der Waals surface area contributed by atoms with Gasteiger partial charge in [0.05, 0.1) is 24.7 Å². The molecule has 2 rings (SSSR count). The molecule has 0 unspecified atom stereocenters. The lowest BCUT2D eigenvalue weighted by Crippen LogP contribution is -2.45. The van der Waals surface area contributed by atoms with Crippen molar-refractivity contribution in [2.75, 3.05) is 13.2 Å². The van der Waals surface area contributed by atoms with Crippen molar-refractivity contribution >= 4 is 5.91 Å². The summed E-state index contributed by atoms with van der Waals surface area (Å²) in [6.45, 7) is -0.608. The highest BCUT2D eigenvalue weighted by molar-refractivity contribution is 5.91. The molecule has 1 aliphatic rings. The van der Waals surface area contributed by atoms with E-state index in [9.17, 15) is 9.18 Å². The van der Waals surface area contributed by atoms with Gasteiger partial charge in [0.15, 0.2) is 0 Å². The van der Waals surface area contributed by atoms with Gasteiger partial charge in [0.1, 0.15) is 5.82 Å². The van der Waals surface area contributed by atoms with E-state index in [4.69, 9.17) is 10.2 Å². The van der Waals surface area contributed by atoms with Crippen molar-refractivity contribution in [2.24, 2.45) is 0 Å². The van der Waals surface area contributed by atoms with Gasteiger partial charge in [-0.2, -0.15) is 0 Å². The van der Waals surface area contributed by atoms with Gasteiger partial charge in [-0.1, -0.05) is 12.1 Å². The Kier molecular flexibility index (Phi) is 3.63. The molecule has 4 nitrogen and oxygen atoms in total. The standard InChI is InChI=1S/C13H16FNO3/c14-10-3-1-9(2-4-10)13(5-6-13)12(18)15-11(7-16)8-17/h1-4,11,16-17H,5-8H2,(H,15,18). The Bertz CT molecular complexity index is 424. The molecular weight excluding hydrogens is 237 g/mol. The van der Waals surface area contributed by atoms with Crippen molar-refractivity contribution in [3.05, 3.63) is 35.6 Å². The van der Waals surface area contributed by atoms with Crippen LogP contribution in [0.1, 0.15) is 18.4 Å². The molecule has 1 aromatic rings. The highest BCUT2D eigenvalue weighted by Crippen LogP contribution is 2.48. The van der Waals surface area contributed by atoms with Crippen LogP contribution in [-0.4, -0.2) is 35.4 Å². The number of carbonyl (C=O) groups excluding carboxylic acids is 1. The predicted molar refractivity (Wildman–Crippen MR) is 63.4 cm³/mol. The second-order valence-corrected chi connectivity index (χ2v) is 4.62. The van der Waals surface area contributed by atoms with Crippen LogP contribution in [0.5, 0.6) is 0 Å². The first-order valence-corrected chi connectivity index (χ1v) is 5.91. The third-order valence-corrected chi connectivity index (χ3v) is 3.36. The number of halogens is 1. The molecule has 0 aromatic heterocycles. The molecule has 98 valence electrons. The number of rotatable bonds is 5. The average molecular weight is 253 g/mol. The average Bonchev–Trinajstić information content (AvgIpc) is 3.18. The zero-order valence-corrected chi connectivity index (χ0v) is 9.90. The van der Waals surface area contributed by atoms with Crippen molar-refractivity contribution in [2.45, 2.75) is 24.3 Å². The van der Waals surface area contributed by atoms with E-state index in [0.29, 0.717) is 12.8 Å². The molecule has 1 fully saturated rings. The molecule has 0 saturated heterocycles. The number of hydrogen-bond donors (Lipinski definition) is 3. The summed E-state index contributed by atoms with van der Waals surface area (Å²) in [7, 11) is 0. The van der Waals surface area contributed by atoms with E-state index < -0.39 is 11.5 Å². The van der Waals surface area contributed by atoms with Crippen molar-refractivity contribution < 1.29 is 19.4 Å². The van der Waals surface area contributed by atoms with E-state index in [-0.39, 0.29) is 24.9 Å². The van der Waals surface area contributed by atoms with Crippen LogP contribution in [0.2, 0.25) is 0 Å². The molecule has 18 heavy (non-hydrogen) atoms. The van der Waals surface area contributed by atoms with Gasteiger partial charge in [-0.05, 0) is 30.5 Å². The molecule has 1 saturated carbocycles. The first-order valence-electron chi connectivity index (χ1n) is 5.91. The van der Waals surface area contributed by atoms with Crippen molar-refractivity contribution in [3.8, 4) is 0 Å². The lowest BCUT2D eigenvalue weighted by molar-refractivity contribution is -0.125. The fourth-order valence-corrected chi connectivity index (χ4v) is 2.01. The summed E-state index contributed by atoms with van der Waals surface area (Å²) in [4.78, 5) is 12.1. The first-order chi connectivity index (χ1) is 8.62. The highest BCUT2D eigenvalue weighted by Gasteiger charge is 2.51. The fourth-order valence-electron chi connectivity index (χ4n) is 2.01. The van der Waals surface area contributed by atoms with Gasteiger partial charge in [0.25, 0.3) is 0 Å². The number of benzene rings is 1. The number of aliphatic hydroxyl groups excluding tert-OH is 2. The monoisotopic (exact) mass is 253 g/mol. The van der Waals surface area contributed by atoms with Gasteiger partial charge in [0, 0.05) is 0 Å². The maximum Gasteiger partial charge on any atom is 0.231 e. The minimum Gasteiger partial charge on any atom is -0.394 e. The topological polar surface area (TPSA) is 69.6 Å². The van der Waals surface area contributed by atoms with Crippen LogP contribution < -0.4 is 5.32 Å². The molecule has 0 aliphatic heterocycles. The van der Waals surface area contributed by atoms with Crippen LogP contribution in [0.25, 0.3) is 0 Å². The van der Waals surface area contributed by atoms with Crippen molar-refractivity contribution in [1.29, 1.82) is 0 Å². The van der Waals surface area contributed by atoms with Crippen LogP contribution in [0.15, 0.2) is 24.3 Å². The van der Waals surface area contributed by atoms with Gasteiger partial charge in [-0.15, -0.1) is 0 Å². The van der Waals surface area contributed by atoms with E-state index in [1.165, 1.54) is 12.1 Å². The minimum atomic E-state index is -0.643. The van der Waals surface area contributed by atoms with Gasteiger partial charge in [0.2, 0.25) is 5.91 Å². The van der Waals surface area contributed by atoms with Crippen LogP contribution >= 0.6 is 0 Å². The van der Waals surface area contributed by atoms with E-state index in [1.807, 2.05) is 0 Å². The zero-order chi connectivity index (χ0) is 13.2. The van der Waals surface area contributed by atoms with Crippen LogP contribution in [0.3, 0.4) is 0 Å². The summed E-state index contributed by atoms with van der Waals surface area (Å²) in [5.41, 5.74) is 0.159. The van der Waals surface area contributed by atoms with Gasteiger partial charge in [-0.25, -0.2) is 4.39 Å². The number of nitrogens with one attached hydrogen (secondary N) is 1. The Labute approximate surface area is 104 Å². The SMILES string of the molecule is O=C(NC(CO)CO)C1(c2ccc(F)cc2)CC1. The normalized spacial score (nSPS) is 16.7. The van der Waals surface area contributed by atoms with E-state index in [0.717, 1.165) is 5.56 Å². The third-order valence-electron chi connectivity index (χ3n) is 3.36. The van der Waals surface area contributed by atoms with Gasteiger partial charge >= 0.3 is 0 Å². The lowest BCUT2D eigenvalue weighted by atomic mass is 9.94. The molecule has 1 aromatic carbocycles. The Morgan fingerprint density at radius 1 is 1.28 bits per heavy atom. The Hall–Kier alpha value is -1.46. The number of amides is 1. The van der Waals surface area contributed by atoms with E-state index in [2.05, 4.69) is 5.32 Å².